The van der Waals surface area contributed by atoms with Gasteiger partial charge < -0.3 is 20.1 Å². The second-order valence-electron chi connectivity index (χ2n) is 7.30. The van der Waals surface area contributed by atoms with Crippen molar-refractivity contribution in [3.8, 4) is 5.75 Å². The van der Waals surface area contributed by atoms with Gasteiger partial charge in [-0.3, -0.25) is 0 Å². The van der Waals surface area contributed by atoms with Gasteiger partial charge in [0.15, 0.2) is 5.96 Å². The van der Waals surface area contributed by atoms with E-state index in [1.54, 1.807) is 7.11 Å². The van der Waals surface area contributed by atoms with Gasteiger partial charge in [-0.25, -0.2) is 4.99 Å². The van der Waals surface area contributed by atoms with Crippen molar-refractivity contribution in [3.63, 3.8) is 0 Å². The molecule has 0 amide bonds. The number of methoxy groups -OCH3 is 1. The lowest BCUT2D eigenvalue weighted by Crippen LogP contribution is -2.48. The lowest BCUT2D eigenvalue weighted by atomic mass is 9.74. The third-order valence-corrected chi connectivity index (χ3v) is 5.61. The van der Waals surface area contributed by atoms with Gasteiger partial charge in [0.2, 0.25) is 0 Å². The SMILES string of the molecule is CCNC(=NCc1cccc(OC)c1)NCC1(c2cccc(Cl)c2)CCOCC1.I. The van der Waals surface area contributed by atoms with E-state index in [2.05, 4.69) is 35.8 Å². The minimum absolute atomic E-state index is 0. The zero-order valence-electron chi connectivity index (χ0n) is 17.6. The highest BCUT2D eigenvalue weighted by Crippen LogP contribution is 2.35. The largest absolute Gasteiger partial charge is 0.497 e. The smallest absolute Gasteiger partial charge is 0.191 e. The zero-order valence-corrected chi connectivity index (χ0v) is 20.7. The number of guanidine groups is 1. The van der Waals surface area contributed by atoms with Crippen LogP contribution in [0.25, 0.3) is 0 Å². The molecule has 1 fully saturated rings. The monoisotopic (exact) mass is 543 g/mol. The van der Waals surface area contributed by atoms with E-state index in [-0.39, 0.29) is 29.4 Å². The maximum absolute atomic E-state index is 6.28. The van der Waals surface area contributed by atoms with Crippen LogP contribution in [0.15, 0.2) is 53.5 Å². The average molecular weight is 544 g/mol. The summed E-state index contributed by atoms with van der Waals surface area (Å²) in [5, 5.41) is 7.68. The Bertz CT molecular complexity index is 826. The number of rotatable bonds is 7. The molecule has 1 heterocycles. The summed E-state index contributed by atoms with van der Waals surface area (Å²) in [5.41, 5.74) is 2.34. The van der Waals surface area contributed by atoms with Crippen molar-refractivity contribution in [1.29, 1.82) is 0 Å². The van der Waals surface area contributed by atoms with E-state index in [0.717, 1.165) is 61.4 Å². The molecule has 0 atom stereocenters. The molecule has 1 aliphatic heterocycles. The van der Waals surface area contributed by atoms with Crippen LogP contribution < -0.4 is 15.4 Å². The molecule has 1 aliphatic rings. The standard InChI is InChI=1S/C23H30ClN3O2.HI/c1-3-25-22(26-16-18-6-4-9-21(14-18)28-2)27-17-23(10-12-29-13-11-23)19-7-5-8-20(24)15-19;/h4-9,14-15H,3,10-13,16-17H2,1-2H3,(H2,25,26,27);1H. The van der Waals surface area contributed by atoms with E-state index >= 15 is 0 Å². The Kier molecular flexibility index (Phi) is 10.2. The fourth-order valence-corrected chi connectivity index (χ4v) is 3.87. The Morgan fingerprint density at radius 1 is 1.13 bits per heavy atom. The Morgan fingerprint density at radius 2 is 1.90 bits per heavy atom. The van der Waals surface area contributed by atoms with E-state index in [1.807, 2.05) is 30.3 Å². The van der Waals surface area contributed by atoms with Crippen LogP contribution >= 0.6 is 35.6 Å². The van der Waals surface area contributed by atoms with Crippen molar-refractivity contribution >= 4 is 41.5 Å². The third-order valence-electron chi connectivity index (χ3n) is 5.38. The van der Waals surface area contributed by atoms with Gasteiger partial charge in [-0.1, -0.05) is 35.9 Å². The topological polar surface area (TPSA) is 54.9 Å². The number of hydrogen-bond acceptors (Lipinski definition) is 3. The van der Waals surface area contributed by atoms with Crippen LogP contribution in [0.2, 0.25) is 5.02 Å². The average Bonchev–Trinajstić information content (AvgIpc) is 2.76. The summed E-state index contributed by atoms with van der Waals surface area (Å²) < 4.78 is 10.9. The van der Waals surface area contributed by atoms with Crippen molar-refractivity contribution in [3.05, 3.63) is 64.7 Å². The highest BCUT2D eigenvalue weighted by atomic mass is 127. The van der Waals surface area contributed by atoms with Crippen molar-refractivity contribution in [1.82, 2.24) is 10.6 Å². The maximum Gasteiger partial charge on any atom is 0.191 e. The van der Waals surface area contributed by atoms with E-state index in [1.165, 1.54) is 5.56 Å². The van der Waals surface area contributed by atoms with Crippen LogP contribution in [0, 0.1) is 0 Å². The molecule has 2 aromatic carbocycles. The third kappa shape index (κ3) is 6.75. The normalized spacial score (nSPS) is 15.8. The van der Waals surface area contributed by atoms with E-state index in [9.17, 15) is 0 Å². The summed E-state index contributed by atoms with van der Waals surface area (Å²) in [7, 11) is 1.68. The van der Waals surface area contributed by atoms with Crippen molar-refractivity contribution < 1.29 is 9.47 Å². The summed E-state index contributed by atoms with van der Waals surface area (Å²) in [6.45, 7) is 5.75. The molecule has 0 aromatic heterocycles. The number of hydrogen-bond donors (Lipinski definition) is 2. The lowest BCUT2D eigenvalue weighted by Gasteiger charge is -2.38. The zero-order chi connectivity index (χ0) is 20.5. The van der Waals surface area contributed by atoms with Crippen LogP contribution in [0.3, 0.4) is 0 Å². The van der Waals surface area contributed by atoms with Gasteiger partial charge >= 0.3 is 0 Å². The van der Waals surface area contributed by atoms with E-state index in [0.29, 0.717) is 6.54 Å². The molecule has 1 saturated heterocycles. The van der Waals surface area contributed by atoms with Gasteiger partial charge in [0.1, 0.15) is 5.75 Å². The minimum atomic E-state index is -0.0185. The van der Waals surface area contributed by atoms with Crippen LogP contribution in [0.5, 0.6) is 5.75 Å². The molecule has 0 saturated carbocycles. The van der Waals surface area contributed by atoms with Gasteiger partial charge in [-0.05, 0) is 55.2 Å². The minimum Gasteiger partial charge on any atom is -0.497 e. The molecule has 2 aromatic rings. The molecule has 7 heteroatoms. The first-order valence-electron chi connectivity index (χ1n) is 10.1. The molecule has 0 aliphatic carbocycles. The van der Waals surface area contributed by atoms with Crippen LogP contribution in [-0.4, -0.2) is 39.4 Å². The number of nitrogens with zero attached hydrogens (tertiary/aromatic N) is 1. The summed E-state index contributed by atoms with van der Waals surface area (Å²) in [6.07, 6.45) is 1.91. The molecular weight excluding hydrogens is 513 g/mol. The quantitative estimate of drug-likeness (QED) is 0.300. The second kappa shape index (κ2) is 12.4. The molecule has 3 rings (SSSR count). The van der Waals surface area contributed by atoms with Gasteiger partial charge in [-0.15, -0.1) is 24.0 Å². The van der Waals surface area contributed by atoms with Gasteiger partial charge in [0, 0.05) is 36.7 Å². The number of halogens is 2. The number of nitrogens with one attached hydrogen (secondary N) is 2. The van der Waals surface area contributed by atoms with Gasteiger partial charge in [-0.2, -0.15) is 0 Å². The van der Waals surface area contributed by atoms with Gasteiger partial charge in [0.25, 0.3) is 0 Å². The van der Waals surface area contributed by atoms with E-state index < -0.39 is 0 Å². The molecule has 5 nitrogen and oxygen atoms in total. The van der Waals surface area contributed by atoms with Gasteiger partial charge in [0.05, 0.1) is 13.7 Å². The fourth-order valence-electron chi connectivity index (χ4n) is 3.68. The van der Waals surface area contributed by atoms with Crippen LogP contribution in [0.1, 0.15) is 30.9 Å². The first kappa shape index (κ1) is 24.8. The second-order valence-corrected chi connectivity index (χ2v) is 7.74. The van der Waals surface area contributed by atoms with Crippen LogP contribution in [0.4, 0.5) is 0 Å². The number of ether oxygens (including phenoxy) is 2. The Morgan fingerprint density at radius 3 is 2.60 bits per heavy atom. The molecule has 164 valence electrons. The fraction of sp³-hybridized carbons (Fsp3) is 0.435. The van der Waals surface area contributed by atoms with Crippen LogP contribution in [-0.2, 0) is 16.7 Å². The maximum atomic E-state index is 6.28. The molecule has 0 spiro atoms. The van der Waals surface area contributed by atoms with Crippen molar-refractivity contribution in [2.45, 2.75) is 31.7 Å². The summed E-state index contributed by atoms with van der Waals surface area (Å²) in [4.78, 5) is 4.77. The Hall–Kier alpha value is -1.51. The summed E-state index contributed by atoms with van der Waals surface area (Å²) >= 11 is 6.28. The first-order valence-corrected chi connectivity index (χ1v) is 10.5. The summed E-state index contributed by atoms with van der Waals surface area (Å²) in [5.74, 6) is 1.65. The van der Waals surface area contributed by atoms with Crippen molar-refractivity contribution in [2.24, 2.45) is 4.99 Å². The Balaban J connectivity index is 0.00000320. The molecule has 2 N–H and O–H groups in total. The van der Waals surface area contributed by atoms with E-state index in [4.69, 9.17) is 26.1 Å². The predicted octanol–water partition coefficient (Wildman–Crippen LogP) is 4.77. The lowest BCUT2D eigenvalue weighted by molar-refractivity contribution is 0.0514. The molecule has 0 unspecified atom stereocenters. The predicted molar refractivity (Wildman–Crippen MR) is 134 cm³/mol. The Labute approximate surface area is 201 Å². The molecular formula is C23H31ClIN3O2. The highest BCUT2D eigenvalue weighted by Gasteiger charge is 2.34. The van der Waals surface area contributed by atoms with Crippen molar-refractivity contribution in [2.75, 3.05) is 33.4 Å². The molecule has 0 radical (unpaired) electrons. The first-order chi connectivity index (χ1) is 14.1. The molecule has 0 bridgehead atoms. The highest BCUT2D eigenvalue weighted by molar-refractivity contribution is 14.0. The molecule has 30 heavy (non-hydrogen) atoms. The number of benzene rings is 2. The number of aliphatic imine (C=N–C) groups is 1. The summed E-state index contributed by atoms with van der Waals surface area (Å²) in [6, 6.07) is 16.2.